The van der Waals surface area contributed by atoms with Crippen LogP contribution in [0.4, 0.5) is 0 Å². The molecule has 2 heterocycles. The average Bonchev–Trinajstić information content (AvgIpc) is 3.26. The number of fused-ring (bicyclic) bond motifs is 2. The summed E-state index contributed by atoms with van der Waals surface area (Å²) >= 11 is 0. The minimum absolute atomic E-state index is 0.118. The molecule has 6 nitrogen and oxygen atoms in total. The molecule has 2 aromatic carbocycles. The predicted octanol–water partition coefficient (Wildman–Crippen LogP) is 6.37. The predicted molar refractivity (Wildman–Crippen MR) is 134 cm³/mol. The number of ether oxygens (including phenoxy) is 3. The molecule has 0 atom stereocenters. The molecule has 0 N–H and O–H groups in total. The number of aryl methyl sites for hydroxylation is 2. The molecule has 184 valence electrons. The first-order valence-electron chi connectivity index (χ1n) is 12.7. The van der Waals surface area contributed by atoms with Gasteiger partial charge in [-0.25, -0.2) is 0 Å². The Balaban J connectivity index is 1.46. The van der Waals surface area contributed by atoms with Gasteiger partial charge in [-0.1, -0.05) is 38.7 Å². The minimum Gasteiger partial charge on any atom is -0.490 e. The monoisotopic (exact) mass is 476 g/mol. The van der Waals surface area contributed by atoms with Crippen LogP contribution in [-0.2, 0) is 11.2 Å². The quantitative estimate of drug-likeness (QED) is 0.304. The lowest BCUT2D eigenvalue weighted by Crippen LogP contribution is -2.12. The van der Waals surface area contributed by atoms with E-state index >= 15 is 0 Å². The standard InChI is InChI=1S/C29H32O6/c1-3-20-15-22-25(17-24(20)35-27(30)12-9-19-7-4-5-8-19)34-18(2)28(29(22)31)21-10-11-23-26(16-21)33-14-6-13-32-23/h10-11,15-17,19H,3-9,12-14H2,1-2H3. The van der Waals surface area contributed by atoms with Gasteiger partial charge in [0.2, 0.25) is 5.43 Å². The van der Waals surface area contributed by atoms with Gasteiger partial charge in [0, 0.05) is 18.9 Å². The lowest BCUT2D eigenvalue weighted by atomic mass is 10.00. The Labute approximate surface area is 205 Å². The van der Waals surface area contributed by atoms with Crippen molar-refractivity contribution in [2.75, 3.05) is 13.2 Å². The maximum absolute atomic E-state index is 13.6. The number of hydrogen-bond donors (Lipinski definition) is 0. The number of carbonyl (C=O) groups excluding carboxylic acids is 1. The highest BCUT2D eigenvalue weighted by Crippen LogP contribution is 2.36. The summed E-state index contributed by atoms with van der Waals surface area (Å²) in [5.41, 5.74) is 2.33. The molecule has 1 aliphatic carbocycles. The molecule has 0 radical (unpaired) electrons. The van der Waals surface area contributed by atoms with Crippen molar-refractivity contribution in [1.82, 2.24) is 0 Å². The maximum atomic E-state index is 13.6. The summed E-state index contributed by atoms with van der Waals surface area (Å²) in [5.74, 6) is 2.69. The largest absolute Gasteiger partial charge is 0.490 e. The van der Waals surface area contributed by atoms with E-state index in [2.05, 4.69) is 0 Å². The van der Waals surface area contributed by atoms with Crippen molar-refractivity contribution >= 4 is 16.9 Å². The third-order valence-electron chi connectivity index (χ3n) is 7.12. The van der Waals surface area contributed by atoms with E-state index in [9.17, 15) is 9.59 Å². The van der Waals surface area contributed by atoms with E-state index in [1.54, 1.807) is 19.1 Å². The van der Waals surface area contributed by atoms with Crippen LogP contribution in [0.3, 0.4) is 0 Å². The smallest absolute Gasteiger partial charge is 0.311 e. The van der Waals surface area contributed by atoms with Crippen molar-refractivity contribution < 1.29 is 23.4 Å². The number of carbonyl (C=O) groups is 1. The van der Waals surface area contributed by atoms with Gasteiger partial charge in [-0.15, -0.1) is 0 Å². The van der Waals surface area contributed by atoms with Crippen molar-refractivity contribution in [3.05, 3.63) is 51.9 Å². The molecular weight excluding hydrogens is 444 g/mol. The van der Waals surface area contributed by atoms with Gasteiger partial charge in [-0.05, 0) is 55.0 Å². The third kappa shape index (κ3) is 4.93. The first-order chi connectivity index (χ1) is 17.0. The molecule has 0 bridgehead atoms. The van der Waals surface area contributed by atoms with E-state index in [-0.39, 0.29) is 11.4 Å². The third-order valence-corrected chi connectivity index (χ3v) is 7.12. The maximum Gasteiger partial charge on any atom is 0.311 e. The molecule has 5 rings (SSSR count). The van der Waals surface area contributed by atoms with Crippen LogP contribution >= 0.6 is 0 Å². The summed E-state index contributed by atoms with van der Waals surface area (Å²) in [5, 5.41) is 0.473. The van der Waals surface area contributed by atoms with Gasteiger partial charge in [0.05, 0.1) is 24.2 Å². The Bertz CT molecular complexity index is 1300. The van der Waals surface area contributed by atoms with Gasteiger partial charge in [-0.3, -0.25) is 9.59 Å². The van der Waals surface area contributed by atoms with Crippen molar-refractivity contribution in [2.45, 2.75) is 65.2 Å². The van der Waals surface area contributed by atoms with Crippen LogP contribution in [0.5, 0.6) is 17.2 Å². The van der Waals surface area contributed by atoms with Gasteiger partial charge in [0.15, 0.2) is 11.5 Å². The van der Waals surface area contributed by atoms with Crippen molar-refractivity contribution in [3.8, 4) is 28.4 Å². The molecule has 0 unspecified atom stereocenters. The van der Waals surface area contributed by atoms with E-state index in [1.165, 1.54) is 25.7 Å². The van der Waals surface area contributed by atoms with E-state index in [1.807, 2.05) is 25.1 Å². The second-order valence-corrected chi connectivity index (χ2v) is 9.55. The molecule has 2 aliphatic rings. The first kappa shape index (κ1) is 23.5. The molecule has 1 aromatic heterocycles. The number of hydrogen-bond acceptors (Lipinski definition) is 6. The lowest BCUT2D eigenvalue weighted by Gasteiger charge is -2.14. The zero-order valence-electron chi connectivity index (χ0n) is 20.5. The zero-order valence-corrected chi connectivity index (χ0v) is 20.5. The Kier molecular flexibility index (Phi) is 6.80. The molecule has 0 spiro atoms. The Morgan fingerprint density at radius 1 is 1.03 bits per heavy atom. The van der Waals surface area contributed by atoms with Gasteiger partial charge >= 0.3 is 5.97 Å². The summed E-state index contributed by atoms with van der Waals surface area (Å²) in [4.78, 5) is 26.1. The highest BCUT2D eigenvalue weighted by molar-refractivity contribution is 5.86. The molecule has 1 aliphatic heterocycles. The Hall–Kier alpha value is -3.28. The van der Waals surface area contributed by atoms with Crippen LogP contribution < -0.4 is 19.6 Å². The van der Waals surface area contributed by atoms with E-state index in [0.717, 1.165) is 24.0 Å². The molecule has 1 saturated carbocycles. The molecule has 0 amide bonds. The SMILES string of the molecule is CCc1cc2c(=O)c(-c3ccc4c(c3)OCCCO4)c(C)oc2cc1OC(=O)CCC1CCCC1. The summed E-state index contributed by atoms with van der Waals surface area (Å²) in [7, 11) is 0. The van der Waals surface area contributed by atoms with Gasteiger partial charge in [0.25, 0.3) is 0 Å². The fraction of sp³-hybridized carbons (Fsp3) is 0.448. The van der Waals surface area contributed by atoms with Gasteiger partial charge in [-0.2, -0.15) is 0 Å². The Morgan fingerprint density at radius 3 is 2.57 bits per heavy atom. The van der Waals surface area contributed by atoms with Crippen LogP contribution in [0.1, 0.15) is 63.2 Å². The summed E-state index contributed by atoms with van der Waals surface area (Å²) in [6, 6.07) is 9.03. The fourth-order valence-corrected chi connectivity index (χ4v) is 5.20. The van der Waals surface area contributed by atoms with E-state index < -0.39 is 0 Å². The molecule has 0 saturated heterocycles. The normalized spacial score (nSPS) is 15.8. The average molecular weight is 477 g/mol. The molecule has 6 heteroatoms. The van der Waals surface area contributed by atoms with Crippen LogP contribution in [0, 0.1) is 12.8 Å². The van der Waals surface area contributed by atoms with Crippen LogP contribution in [0.25, 0.3) is 22.1 Å². The highest BCUT2D eigenvalue weighted by atomic mass is 16.5. The van der Waals surface area contributed by atoms with Crippen molar-refractivity contribution in [3.63, 3.8) is 0 Å². The summed E-state index contributed by atoms with van der Waals surface area (Å²) in [6.07, 6.45) is 7.67. The first-order valence-corrected chi connectivity index (χ1v) is 12.7. The van der Waals surface area contributed by atoms with Crippen LogP contribution in [0.2, 0.25) is 0 Å². The molecule has 3 aromatic rings. The van der Waals surface area contributed by atoms with Crippen molar-refractivity contribution in [2.24, 2.45) is 5.92 Å². The van der Waals surface area contributed by atoms with Crippen molar-refractivity contribution in [1.29, 1.82) is 0 Å². The van der Waals surface area contributed by atoms with Crippen LogP contribution in [0.15, 0.2) is 39.5 Å². The number of rotatable bonds is 6. The Morgan fingerprint density at radius 2 is 1.80 bits per heavy atom. The highest BCUT2D eigenvalue weighted by Gasteiger charge is 2.21. The summed E-state index contributed by atoms with van der Waals surface area (Å²) < 4.78 is 23.4. The fourth-order valence-electron chi connectivity index (χ4n) is 5.20. The number of benzene rings is 2. The zero-order chi connectivity index (χ0) is 24.4. The van der Waals surface area contributed by atoms with Crippen LogP contribution in [-0.4, -0.2) is 19.2 Å². The minimum atomic E-state index is -0.228. The molecule has 1 fully saturated rings. The van der Waals surface area contributed by atoms with E-state index in [0.29, 0.717) is 71.5 Å². The number of esters is 1. The second kappa shape index (κ2) is 10.1. The summed E-state index contributed by atoms with van der Waals surface area (Å²) in [6.45, 7) is 4.94. The second-order valence-electron chi connectivity index (χ2n) is 9.55. The van der Waals surface area contributed by atoms with E-state index in [4.69, 9.17) is 18.6 Å². The topological polar surface area (TPSA) is 75.0 Å². The van der Waals surface area contributed by atoms with Gasteiger partial charge in [0.1, 0.15) is 17.1 Å². The molecular formula is C29H32O6. The van der Waals surface area contributed by atoms with Gasteiger partial charge < -0.3 is 18.6 Å². The molecule has 35 heavy (non-hydrogen) atoms. The lowest BCUT2D eigenvalue weighted by molar-refractivity contribution is -0.134.